The van der Waals surface area contributed by atoms with E-state index in [0.717, 1.165) is 51.8 Å². The molecule has 0 aliphatic carbocycles. The molecule has 0 unspecified atom stereocenters. The van der Waals surface area contributed by atoms with Gasteiger partial charge in [-0.15, -0.1) is 11.3 Å². The van der Waals surface area contributed by atoms with Gasteiger partial charge in [-0.05, 0) is 24.3 Å². The predicted molar refractivity (Wildman–Crippen MR) is 125 cm³/mol. The molecule has 0 radical (unpaired) electrons. The number of hydrogen-bond donors (Lipinski definition) is 0. The Morgan fingerprint density at radius 3 is 2.52 bits per heavy atom. The van der Waals surface area contributed by atoms with Crippen LogP contribution in [0.2, 0.25) is 5.02 Å². The van der Waals surface area contributed by atoms with Gasteiger partial charge in [0.05, 0.1) is 17.8 Å². The summed E-state index contributed by atoms with van der Waals surface area (Å²) in [7, 11) is 0. The minimum atomic E-state index is 0.00433. The van der Waals surface area contributed by atoms with Crippen molar-refractivity contribution in [2.24, 2.45) is 0 Å². The van der Waals surface area contributed by atoms with Crippen molar-refractivity contribution in [2.75, 3.05) is 26.2 Å². The van der Waals surface area contributed by atoms with Gasteiger partial charge in [0.15, 0.2) is 0 Å². The molecular weight excluding hydrogens is 428 g/mol. The van der Waals surface area contributed by atoms with Crippen molar-refractivity contribution in [3.8, 4) is 11.3 Å². The third kappa shape index (κ3) is 4.46. The lowest BCUT2D eigenvalue weighted by molar-refractivity contribution is 0.0623. The molecule has 1 fully saturated rings. The van der Waals surface area contributed by atoms with Crippen molar-refractivity contribution in [3.05, 3.63) is 81.8 Å². The van der Waals surface area contributed by atoms with Crippen molar-refractivity contribution in [1.82, 2.24) is 19.8 Å². The number of rotatable bonds is 4. The number of hydrogen-bond acceptors (Lipinski definition) is 5. The van der Waals surface area contributed by atoms with E-state index in [1.54, 1.807) is 11.3 Å². The van der Waals surface area contributed by atoms with E-state index in [4.69, 9.17) is 16.6 Å². The monoisotopic (exact) mass is 448 g/mol. The molecule has 0 N–H and O–H groups in total. The van der Waals surface area contributed by atoms with Crippen LogP contribution in [0.1, 0.15) is 15.5 Å². The number of amides is 1. The Kier molecular flexibility index (Phi) is 5.68. The van der Waals surface area contributed by atoms with Gasteiger partial charge >= 0.3 is 0 Å². The number of benzene rings is 2. The third-order valence-corrected chi connectivity index (χ3v) is 6.61. The van der Waals surface area contributed by atoms with E-state index in [0.29, 0.717) is 18.8 Å². The summed E-state index contributed by atoms with van der Waals surface area (Å²) in [5.74, 6) is 0.00433. The maximum Gasteiger partial charge on any atom is 0.272 e. The Bertz CT molecular complexity index is 1220. The van der Waals surface area contributed by atoms with E-state index in [9.17, 15) is 4.79 Å². The summed E-state index contributed by atoms with van der Waals surface area (Å²) in [6, 6.07) is 19.4. The SMILES string of the molecule is O=C(c1ccc2ccccc2n1)N1CCN(Cc2nc(-c3ccc(Cl)cc3)cs2)CC1. The highest BCUT2D eigenvalue weighted by Gasteiger charge is 2.23. The zero-order valence-electron chi connectivity index (χ0n) is 16.9. The van der Waals surface area contributed by atoms with Crippen LogP contribution in [-0.2, 0) is 6.54 Å². The maximum absolute atomic E-state index is 12.9. The first-order chi connectivity index (χ1) is 15.2. The molecule has 0 bridgehead atoms. The summed E-state index contributed by atoms with van der Waals surface area (Å²) in [6.45, 7) is 3.85. The van der Waals surface area contributed by atoms with Crippen molar-refractivity contribution in [1.29, 1.82) is 0 Å². The number of piperazine rings is 1. The van der Waals surface area contributed by atoms with Gasteiger partial charge in [-0.1, -0.05) is 48.0 Å². The number of halogens is 1. The molecule has 1 aliphatic heterocycles. The zero-order valence-corrected chi connectivity index (χ0v) is 18.4. The molecule has 1 aliphatic rings. The second kappa shape index (κ2) is 8.75. The van der Waals surface area contributed by atoms with Gasteiger partial charge < -0.3 is 4.90 Å². The fraction of sp³-hybridized carbons (Fsp3) is 0.208. The minimum Gasteiger partial charge on any atom is -0.335 e. The Morgan fingerprint density at radius 2 is 1.71 bits per heavy atom. The Hall–Kier alpha value is -2.80. The van der Waals surface area contributed by atoms with Gasteiger partial charge in [-0.3, -0.25) is 9.69 Å². The molecule has 0 spiro atoms. The van der Waals surface area contributed by atoms with Crippen LogP contribution in [0.5, 0.6) is 0 Å². The zero-order chi connectivity index (χ0) is 21.2. The van der Waals surface area contributed by atoms with Crippen LogP contribution < -0.4 is 0 Å². The summed E-state index contributed by atoms with van der Waals surface area (Å²) in [5.41, 5.74) is 3.42. The molecule has 5 nitrogen and oxygen atoms in total. The van der Waals surface area contributed by atoms with Gasteiger partial charge in [0, 0.05) is 47.5 Å². The van der Waals surface area contributed by atoms with Crippen molar-refractivity contribution < 1.29 is 4.79 Å². The first kappa shape index (κ1) is 20.1. The van der Waals surface area contributed by atoms with Crippen LogP contribution in [0, 0.1) is 0 Å². The lowest BCUT2D eigenvalue weighted by Crippen LogP contribution is -2.48. The number of aromatic nitrogens is 2. The molecule has 31 heavy (non-hydrogen) atoms. The summed E-state index contributed by atoms with van der Waals surface area (Å²) in [6.07, 6.45) is 0. The van der Waals surface area contributed by atoms with Gasteiger partial charge in [0.1, 0.15) is 10.7 Å². The molecule has 2 aromatic carbocycles. The molecule has 2 aromatic heterocycles. The highest BCUT2D eigenvalue weighted by Crippen LogP contribution is 2.24. The van der Waals surface area contributed by atoms with E-state index in [-0.39, 0.29) is 5.91 Å². The highest BCUT2D eigenvalue weighted by molar-refractivity contribution is 7.09. The minimum absolute atomic E-state index is 0.00433. The summed E-state index contributed by atoms with van der Waals surface area (Å²) < 4.78 is 0. The molecule has 1 saturated heterocycles. The topological polar surface area (TPSA) is 49.3 Å². The van der Waals surface area contributed by atoms with E-state index in [1.165, 1.54) is 0 Å². The maximum atomic E-state index is 12.9. The van der Waals surface area contributed by atoms with Gasteiger partial charge in [-0.2, -0.15) is 0 Å². The normalized spacial score (nSPS) is 14.8. The lowest BCUT2D eigenvalue weighted by Gasteiger charge is -2.34. The van der Waals surface area contributed by atoms with Crippen LogP contribution in [0.25, 0.3) is 22.2 Å². The lowest BCUT2D eigenvalue weighted by atomic mass is 10.2. The molecule has 4 aromatic rings. The van der Waals surface area contributed by atoms with Crippen molar-refractivity contribution >= 4 is 39.7 Å². The first-order valence-electron chi connectivity index (χ1n) is 10.2. The van der Waals surface area contributed by atoms with E-state index < -0.39 is 0 Å². The summed E-state index contributed by atoms with van der Waals surface area (Å²) in [5, 5.41) is 4.95. The molecule has 0 atom stereocenters. The predicted octanol–water partition coefficient (Wildman–Crippen LogP) is 4.97. The van der Waals surface area contributed by atoms with Gasteiger partial charge in [0.2, 0.25) is 0 Å². The molecule has 5 rings (SSSR count). The van der Waals surface area contributed by atoms with Gasteiger partial charge in [-0.25, -0.2) is 9.97 Å². The number of para-hydroxylation sites is 1. The van der Waals surface area contributed by atoms with Crippen LogP contribution in [0.4, 0.5) is 0 Å². The fourth-order valence-electron chi connectivity index (χ4n) is 3.78. The largest absolute Gasteiger partial charge is 0.335 e. The Morgan fingerprint density at radius 1 is 0.935 bits per heavy atom. The smallest absolute Gasteiger partial charge is 0.272 e. The molecule has 156 valence electrons. The molecule has 3 heterocycles. The number of pyridine rings is 1. The Balaban J connectivity index is 1.19. The van der Waals surface area contributed by atoms with Gasteiger partial charge in [0.25, 0.3) is 5.91 Å². The standard InChI is InChI=1S/C24H21ClN4OS/c25-19-8-5-18(6-9-19)22-16-31-23(27-22)15-28-11-13-29(14-12-28)24(30)21-10-7-17-3-1-2-4-20(17)26-21/h1-10,16H,11-15H2. The van der Waals surface area contributed by atoms with Crippen molar-refractivity contribution in [3.63, 3.8) is 0 Å². The number of thiazole rings is 1. The number of carbonyl (C=O) groups is 1. The highest BCUT2D eigenvalue weighted by atomic mass is 35.5. The molecule has 1 amide bonds. The third-order valence-electron chi connectivity index (χ3n) is 5.53. The van der Waals surface area contributed by atoms with Crippen LogP contribution in [0.3, 0.4) is 0 Å². The summed E-state index contributed by atoms with van der Waals surface area (Å²) >= 11 is 7.65. The molecule has 0 saturated carbocycles. The second-order valence-electron chi connectivity index (χ2n) is 7.59. The quantitative estimate of drug-likeness (QED) is 0.442. The number of carbonyl (C=O) groups excluding carboxylic acids is 1. The number of nitrogens with zero attached hydrogens (tertiary/aromatic N) is 4. The molecule has 7 heteroatoms. The second-order valence-corrected chi connectivity index (χ2v) is 8.97. The Labute approximate surface area is 189 Å². The average molecular weight is 449 g/mol. The van der Waals surface area contributed by atoms with E-state index in [1.807, 2.05) is 65.6 Å². The van der Waals surface area contributed by atoms with E-state index >= 15 is 0 Å². The van der Waals surface area contributed by atoms with Crippen LogP contribution in [-0.4, -0.2) is 51.9 Å². The van der Waals surface area contributed by atoms with Crippen LogP contribution in [0.15, 0.2) is 66.0 Å². The fourth-order valence-corrected chi connectivity index (χ4v) is 4.75. The first-order valence-corrected chi connectivity index (χ1v) is 11.5. The van der Waals surface area contributed by atoms with Crippen LogP contribution >= 0.6 is 22.9 Å². The summed E-state index contributed by atoms with van der Waals surface area (Å²) in [4.78, 5) is 26.5. The average Bonchev–Trinajstić information content (AvgIpc) is 3.27. The van der Waals surface area contributed by atoms with Crippen molar-refractivity contribution in [2.45, 2.75) is 6.54 Å². The number of fused-ring (bicyclic) bond motifs is 1. The van der Waals surface area contributed by atoms with E-state index in [2.05, 4.69) is 15.3 Å². The molecular formula is C24H21ClN4OS.